The molecule has 0 saturated heterocycles. The number of benzene rings is 2. The minimum atomic E-state index is -0.969. The van der Waals surface area contributed by atoms with Crippen LogP contribution in [0.3, 0.4) is 0 Å². The third kappa shape index (κ3) is 2.95. The largest absolute Gasteiger partial charge is 0.516 e. The highest BCUT2D eigenvalue weighted by Gasteiger charge is 2.29. The van der Waals surface area contributed by atoms with E-state index in [0.717, 1.165) is 22.3 Å². The van der Waals surface area contributed by atoms with Crippen LogP contribution >= 0.6 is 0 Å². The molecule has 0 atom stereocenters. The van der Waals surface area contributed by atoms with Gasteiger partial charge in [0.05, 0.1) is 0 Å². The lowest BCUT2D eigenvalue weighted by Crippen LogP contribution is -2.17. The molecule has 1 aliphatic rings. The number of allylic oxidation sites excluding steroid dienone is 1. The van der Waals surface area contributed by atoms with E-state index in [1.54, 1.807) is 19.9 Å². The molecule has 4 nitrogen and oxygen atoms in total. The van der Waals surface area contributed by atoms with Crippen molar-refractivity contribution in [3.05, 3.63) is 71.3 Å². The second-order valence-corrected chi connectivity index (χ2v) is 5.65. The lowest BCUT2D eigenvalue weighted by Gasteiger charge is -2.13. The second kappa shape index (κ2) is 6.71. The van der Waals surface area contributed by atoms with Crippen molar-refractivity contribution in [2.45, 2.75) is 19.8 Å². The summed E-state index contributed by atoms with van der Waals surface area (Å²) in [6.07, 6.45) is 0.613. The predicted molar refractivity (Wildman–Crippen MR) is 90.6 cm³/mol. The fourth-order valence-corrected chi connectivity index (χ4v) is 2.89. The van der Waals surface area contributed by atoms with Crippen LogP contribution in [0.4, 0.5) is 4.79 Å². The Kier molecular flexibility index (Phi) is 4.47. The summed E-state index contributed by atoms with van der Waals surface area (Å²) in [6, 6.07) is 16.1. The van der Waals surface area contributed by atoms with Crippen LogP contribution < -0.4 is 0 Å². The van der Waals surface area contributed by atoms with Gasteiger partial charge in [-0.1, -0.05) is 54.6 Å². The highest BCUT2D eigenvalue weighted by Crippen LogP contribution is 2.44. The first-order valence-corrected chi connectivity index (χ1v) is 7.82. The van der Waals surface area contributed by atoms with Gasteiger partial charge in [0.1, 0.15) is 6.61 Å². The molecule has 2 aromatic carbocycles. The molecule has 0 radical (unpaired) electrons. The standard InChI is InChI=1S/C20H18O4/c1-3-13(2)19(21)24-20(22)23-12-18-16-10-6-4-8-14(16)15-9-5-7-11-17(15)18/h3-11,18H,12H2,1-2H3. The Morgan fingerprint density at radius 2 is 1.54 bits per heavy atom. The number of carbonyl (C=O) groups excluding carboxylic acids is 2. The van der Waals surface area contributed by atoms with E-state index in [-0.39, 0.29) is 12.5 Å². The van der Waals surface area contributed by atoms with Gasteiger partial charge in [0, 0.05) is 11.5 Å². The van der Waals surface area contributed by atoms with Gasteiger partial charge in [0.2, 0.25) is 0 Å². The highest BCUT2D eigenvalue weighted by atomic mass is 16.7. The average molecular weight is 322 g/mol. The molecule has 1 aliphatic carbocycles. The number of ether oxygens (including phenoxy) is 2. The van der Waals surface area contributed by atoms with Crippen LogP contribution in [0.2, 0.25) is 0 Å². The SMILES string of the molecule is CC=C(C)C(=O)OC(=O)OCC1c2ccccc2-c2ccccc21. The first-order valence-electron chi connectivity index (χ1n) is 7.82. The van der Waals surface area contributed by atoms with Crippen LogP contribution in [-0.4, -0.2) is 18.7 Å². The normalized spacial score (nSPS) is 13.2. The van der Waals surface area contributed by atoms with E-state index >= 15 is 0 Å². The number of rotatable bonds is 3. The van der Waals surface area contributed by atoms with Crippen LogP contribution in [-0.2, 0) is 14.3 Å². The molecule has 0 saturated carbocycles. The van der Waals surface area contributed by atoms with E-state index in [0.29, 0.717) is 5.57 Å². The zero-order valence-electron chi connectivity index (χ0n) is 13.6. The van der Waals surface area contributed by atoms with Crippen molar-refractivity contribution in [2.75, 3.05) is 6.61 Å². The van der Waals surface area contributed by atoms with E-state index < -0.39 is 12.1 Å². The summed E-state index contributed by atoms with van der Waals surface area (Å²) in [4.78, 5) is 23.3. The molecule has 0 fully saturated rings. The quantitative estimate of drug-likeness (QED) is 0.476. The molecule has 4 heteroatoms. The first kappa shape index (κ1) is 16.0. The van der Waals surface area contributed by atoms with Crippen LogP contribution in [0.5, 0.6) is 0 Å². The number of esters is 1. The van der Waals surface area contributed by atoms with Crippen molar-refractivity contribution in [1.82, 2.24) is 0 Å². The van der Waals surface area contributed by atoms with E-state index in [4.69, 9.17) is 4.74 Å². The minimum absolute atomic E-state index is 0.0529. The smallest absolute Gasteiger partial charge is 0.433 e. The van der Waals surface area contributed by atoms with Crippen LogP contribution in [0, 0.1) is 0 Å². The number of fused-ring (bicyclic) bond motifs is 3. The molecule has 0 heterocycles. The Morgan fingerprint density at radius 3 is 2.08 bits per heavy atom. The van der Waals surface area contributed by atoms with E-state index in [1.807, 2.05) is 36.4 Å². The van der Waals surface area contributed by atoms with Gasteiger partial charge in [-0.3, -0.25) is 0 Å². The molecule has 0 unspecified atom stereocenters. The summed E-state index contributed by atoms with van der Waals surface area (Å²) >= 11 is 0. The van der Waals surface area contributed by atoms with Gasteiger partial charge in [0.15, 0.2) is 0 Å². The van der Waals surface area contributed by atoms with Gasteiger partial charge in [-0.05, 0) is 36.1 Å². The summed E-state index contributed by atoms with van der Waals surface area (Å²) in [6.45, 7) is 3.42. The summed E-state index contributed by atoms with van der Waals surface area (Å²) in [5.41, 5.74) is 4.89. The molecule has 0 amide bonds. The molecule has 0 aliphatic heterocycles. The van der Waals surface area contributed by atoms with Gasteiger partial charge in [-0.15, -0.1) is 0 Å². The van der Waals surface area contributed by atoms with Crippen molar-refractivity contribution >= 4 is 12.1 Å². The fourth-order valence-electron chi connectivity index (χ4n) is 2.89. The van der Waals surface area contributed by atoms with E-state index in [2.05, 4.69) is 16.9 Å². The Balaban J connectivity index is 1.74. The number of hydrogen-bond acceptors (Lipinski definition) is 4. The lowest BCUT2D eigenvalue weighted by molar-refractivity contribution is -0.135. The van der Waals surface area contributed by atoms with Gasteiger partial charge in [0.25, 0.3) is 0 Å². The third-order valence-electron chi connectivity index (χ3n) is 4.26. The zero-order chi connectivity index (χ0) is 17.1. The van der Waals surface area contributed by atoms with Crippen LogP contribution in [0.15, 0.2) is 60.2 Å². The van der Waals surface area contributed by atoms with Gasteiger partial charge < -0.3 is 9.47 Å². The molecule has 0 aromatic heterocycles. The predicted octanol–water partition coefficient (Wildman–Crippen LogP) is 4.44. The van der Waals surface area contributed by atoms with Crippen molar-refractivity contribution in [3.8, 4) is 11.1 Å². The lowest BCUT2D eigenvalue weighted by atomic mass is 9.98. The number of hydrogen-bond donors (Lipinski definition) is 0. The maximum atomic E-state index is 11.8. The number of carbonyl (C=O) groups is 2. The molecule has 2 aromatic rings. The molecular weight excluding hydrogens is 304 g/mol. The first-order chi connectivity index (χ1) is 11.6. The third-order valence-corrected chi connectivity index (χ3v) is 4.26. The summed E-state index contributed by atoms with van der Waals surface area (Å²) in [7, 11) is 0. The zero-order valence-corrected chi connectivity index (χ0v) is 13.6. The van der Waals surface area contributed by atoms with Crippen molar-refractivity contribution < 1.29 is 19.1 Å². The molecule has 3 rings (SSSR count). The summed E-state index contributed by atoms with van der Waals surface area (Å²) in [5.74, 6) is -0.738. The van der Waals surface area contributed by atoms with E-state index in [9.17, 15) is 9.59 Å². The maximum absolute atomic E-state index is 11.8. The summed E-state index contributed by atoms with van der Waals surface area (Å²) in [5, 5.41) is 0. The van der Waals surface area contributed by atoms with E-state index in [1.165, 1.54) is 0 Å². The molecular formula is C20H18O4. The maximum Gasteiger partial charge on any atom is 0.516 e. The van der Waals surface area contributed by atoms with Crippen molar-refractivity contribution in [1.29, 1.82) is 0 Å². The molecule has 0 bridgehead atoms. The van der Waals surface area contributed by atoms with Crippen molar-refractivity contribution in [3.63, 3.8) is 0 Å². The van der Waals surface area contributed by atoms with Crippen LogP contribution in [0.1, 0.15) is 30.9 Å². The van der Waals surface area contributed by atoms with Crippen molar-refractivity contribution in [2.24, 2.45) is 0 Å². The summed E-state index contributed by atoms with van der Waals surface area (Å²) < 4.78 is 9.87. The van der Waals surface area contributed by atoms with Gasteiger partial charge in [-0.2, -0.15) is 0 Å². The van der Waals surface area contributed by atoms with Crippen LogP contribution in [0.25, 0.3) is 11.1 Å². The molecule has 0 N–H and O–H groups in total. The Hall–Kier alpha value is -2.88. The Labute approximate surface area is 140 Å². The Morgan fingerprint density at radius 1 is 1.00 bits per heavy atom. The fraction of sp³-hybridized carbons (Fsp3) is 0.200. The second-order valence-electron chi connectivity index (χ2n) is 5.65. The van der Waals surface area contributed by atoms with Gasteiger partial charge >= 0.3 is 12.1 Å². The average Bonchev–Trinajstić information content (AvgIpc) is 2.93. The molecule has 0 spiro atoms. The van der Waals surface area contributed by atoms with Gasteiger partial charge in [-0.25, -0.2) is 9.59 Å². The molecule has 24 heavy (non-hydrogen) atoms. The topological polar surface area (TPSA) is 52.6 Å². The molecule has 122 valence electrons. The highest BCUT2D eigenvalue weighted by molar-refractivity contribution is 5.94. The minimum Gasteiger partial charge on any atom is -0.433 e. The monoisotopic (exact) mass is 322 g/mol. The Bertz CT molecular complexity index is 774.